The molecule has 0 radical (unpaired) electrons. The smallest absolute Gasteiger partial charge is 0.351 e. The van der Waals surface area contributed by atoms with Crippen molar-refractivity contribution >= 4 is 28.3 Å². The van der Waals surface area contributed by atoms with Crippen molar-refractivity contribution in [3.8, 4) is 17.7 Å². The molecule has 0 aliphatic carbocycles. The van der Waals surface area contributed by atoms with Crippen LogP contribution in [0.2, 0.25) is 0 Å². The van der Waals surface area contributed by atoms with E-state index in [2.05, 4.69) is 15.4 Å². The van der Waals surface area contributed by atoms with Crippen LogP contribution in [0.1, 0.15) is 16.7 Å². The first-order chi connectivity index (χ1) is 16.9. The second-order valence-corrected chi connectivity index (χ2v) is 8.05. The lowest BCUT2D eigenvalue weighted by Crippen LogP contribution is -2.28. The SMILES string of the molecule is Cc1cccc(Oc2nc3ccccc3n3c(=O)n(CC(=O)Nc4cccc(C#N)c4)nc23)c1C. The average molecular weight is 464 g/mol. The molecule has 1 amide bonds. The minimum Gasteiger partial charge on any atom is -0.436 e. The number of nitrogens with one attached hydrogen (secondary N) is 1. The Morgan fingerprint density at radius 2 is 1.89 bits per heavy atom. The number of anilines is 1. The Morgan fingerprint density at radius 1 is 1.09 bits per heavy atom. The fraction of sp³-hybridized carbons (Fsp3) is 0.115. The lowest BCUT2D eigenvalue weighted by atomic mass is 10.1. The third-order valence-corrected chi connectivity index (χ3v) is 5.71. The van der Waals surface area contributed by atoms with Gasteiger partial charge >= 0.3 is 5.69 Å². The van der Waals surface area contributed by atoms with Crippen LogP contribution in [0.5, 0.6) is 11.6 Å². The molecular formula is C26H20N6O3. The number of rotatable bonds is 5. The van der Waals surface area contributed by atoms with Crippen molar-refractivity contribution < 1.29 is 9.53 Å². The molecule has 2 heterocycles. The van der Waals surface area contributed by atoms with Crippen molar-refractivity contribution in [2.24, 2.45) is 0 Å². The van der Waals surface area contributed by atoms with Crippen LogP contribution in [-0.4, -0.2) is 25.1 Å². The lowest BCUT2D eigenvalue weighted by molar-refractivity contribution is -0.117. The lowest BCUT2D eigenvalue weighted by Gasteiger charge is -2.11. The molecule has 0 atom stereocenters. The monoisotopic (exact) mass is 464 g/mol. The summed E-state index contributed by atoms with van der Waals surface area (Å²) in [6.07, 6.45) is 0. The van der Waals surface area contributed by atoms with Crippen LogP contribution in [-0.2, 0) is 11.3 Å². The summed E-state index contributed by atoms with van der Waals surface area (Å²) >= 11 is 0. The number of para-hydroxylation sites is 2. The highest BCUT2D eigenvalue weighted by atomic mass is 16.5. The average Bonchev–Trinajstić information content (AvgIpc) is 3.18. The fourth-order valence-corrected chi connectivity index (χ4v) is 3.78. The van der Waals surface area contributed by atoms with Crippen LogP contribution in [0.15, 0.2) is 71.5 Å². The molecule has 0 unspecified atom stereocenters. The maximum atomic E-state index is 13.3. The van der Waals surface area contributed by atoms with Gasteiger partial charge in [0.25, 0.3) is 5.88 Å². The highest BCUT2D eigenvalue weighted by Gasteiger charge is 2.19. The molecule has 5 rings (SSSR count). The summed E-state index contributed by atoms with van der Waals surface area (Å²) in [4.78, 5) is 30.6. The van der Waals surface area contributed by atoms with Gasteiger partial charge in [-0.25, -0.2) is 18.9 Å². The van der Waals surface area contributed by atoms with E-state index < -0.39 is 11.6 Å². The number of hydrogen-bond acceptors (Lipinski definition) is 6. The molecule has 0 saturated heterocycles. The van der Waals surface area contributed by atoms with E-state index in [1.165, 1.54) is 4.40 Å². The van der Waals surface area contributed by atoms with Crippen molar-refractivity contribution in [2.45, 2.75) is 20.4 Å². The van der Waals surface area contributed by atoms with Gasteiger partial charge < -0.3 is 10.1 Å². The molecule has 172 valence electrons. The van der Waals surface area contributed by atoms with Crippen molar-refractivity contribution in [3.05, 3.63) is 93.9 Å². The number of hydrogen-bond donors (Lipinski definition) is 1. The van der Waals surface area contributed by atoms with Crippen LogP contribution >= 0.6 is 0 Å². The molecule has 9 nitrogen and oxygen atoms in total. The first kappa shape index (κ1) is 21.9. The van der Waals surface area contributed by atoms with E-state index in [1.807, 2.05) is 44.2 Å². The number of aryl methyl sites for hydroxylation is 1. The van der Waals surface area contributed by atoms with Gasteiger partial charge in [0.1, 0.15) is 12.3 Å². The Balaban J connectivity index is 1.57. The summed E-state index contributed by atoms with van der Waals surface area (Å²) < 4.78 is 8.60. The van der Waals surface area contributed by atoms with Crippen LogP contribution in [0, 0.1) is 25.2 Å². The van der Waals surface area contributed by atoms with Crippen LogP contribution < -0.4 is 15.7 Å². The molecule has 0 spiro atoms. The number of fused-ring (bicyclic) bond motifs is 3. The van der Waals surface area contributed by atoms with Crippen LogP contribution in [0.4, 0.5) is 5.69 Å². The molecule has 0 fully saturated rings. The van der Waals surface area contributed by atoms with Gasteiger partial charge in [0.2, 0.25) is 11.6 Å². The molecule has 1 N–H and O–H groups in total. The number of benzene rings is 3. The Morgan fingerprint density at radius 3 is 2.71 bits per heavy atom. The zero-order valence-corrected chi connectivity index (χ0v) is 19.0. The highest BCUT2D eigenvalue weighted by molar-refractivity contribution is 5.90. The van der Waals surface area contributed by atoms with E-state index in [0.29, 0.717) is 28.0 Å². The van der Waals surface area contributed by atoms with Gasteiger partial charge in [-0.1, -0.05) is 30.3 Å². The summed E-state index contributed by atoms with van der Waals surface area (Å²) in [7, 11) is 0. The van der Waals surface area contributed by atoms with E-state index in [0.717, 1.165) is 15.8 Å². The van der Waals surface area contributed by atoms with Gasteiger partial charge in [-0.3, -0.25) is 4.79 Å². The van der Waals surface area contributed by atoms with Crippen molar-refractivity contribution in [2.75, 3.05) is 5.32 Å². The number of amides is 1. The van der Waals surface area contributed by atoms with Gasteiger partial charge in [0.05, 0.1) is 22.7 Å². The summed E-state index contributed by atoms with van der Waals surface area (Å²) in [6, 6.07) is 21.4. The Bertz CT molecular complexity index is 1710. The molecular weight excluding hydrogens is 444 g/mol. The minimum absolute atomic E-state index is 0.162. The topological polar surface area (TPSA) is 114 Å². The number of carbonyl (C=O) groups is 1. The predicted octanol–water partition coefficient (Wildman–Crippen LogP) is 3.96. The zero-order chi connectivity index (χ0) is 24.5. The van der Waals surface area contributed by atoms with Gasteiger partial charge in [0, 0.05) is 5.69 Å². The quantitative estimate of drug-likeness (QED) is 0.421. The second kappa shape index (κ2) is 8.76. The first-order valence-corrected chi connectivity index (χ1v) is 10.9. The number of nitrogens with zero attached hydrogens (tertiary/aromatic N) is 5. The van der Waals surface area contributed by atoms with Crippen molar-refractivity contribution in [1.82, 2.24) is 19.2 Å². The Hall–Kier alpha value is -4.97. The number of aromatic nitrogens is 4. The largest absolute Gasteiger partial charge is 0.436 e. The molecule has 0 saturated carbocycles. The zero-order valence-electron chi connectivity index (χ0n) is 19.0. The summed E-state index contributed by atoms with van der Waals surface area (Å²) in [5, 5.41) is 16.1. The summed E-state index contributed by atoms with van der Waals surface area (Å²) in [5.74, 6) is 0.307. The number of ether oxygens (including phenoxy) is 1. The van der Waals surface area contributed by atoms with E-state index >= 15 is 0 Å². The first-order valence-electron chi connectivity index (χ1n) is 10.9. The van der Waals surface area contributed by atoms with Gasteiger partial charge in [-0.15, -0.1) is 5.10 Å². The molecule has 0 bridgehead atoms. The van der Waals surface area contributed by atoms with Crippen molar-refractivity contribution in [1.29, 1.82) is 5.26 Å². The molecule has 0 aliphatic heterocycles. The second-order valence-electron chi connectivity index (χ2n) is 8.05. The number of nitriles is 1. The Kier molecular flexibility index (Phi) is 5.47. The van der Waals surface area contributed by atoms with Crippen LogP contribution in [0.25, 0.3) is 16.7 Å². The molecule has 35 heavy (non-hydrogen) atoms. The molecule has 9 heteroatoms. The molecule has 3 aromatic carbocycles. The van der Waals surface area contributed by atoms with Gasteiger partial charge in [0.15, 0.2) is 0 Å². The van der Waals surface area contributed by atoms with Gasteiger partial charge in [-0.2, -0.15) is 5.26 Å². The Labute approximate surface area is 199 Å². The predicted molar refractivity (Wildman–Crippen MR) is 131 cm³/mol. The van der Waals surface area contributed by atoms with E-state index in [1.54, 1.807) is 42.5 Å². The standard InChI is InChI=1S/C26H20N6O3/c1-16-7-5-12-22(17(16)2)35-25-24-30-31(15-23(33)28-19-9-6-8-18(13-19)14-27)26(34)32(24)21-11-4-3-10-20(21)29-25/h3-13H,15H2,1-2H3,(H,28,33). The summed E-state index contributed by atoms with van der Waals surface area (Å²) in [6.45, 7) is 3.60. The van der Waals surface area contributed by atoms with E-state index in [4.69, 9.17) is 10.00 Å². The maximum absolute atomic E-state index is 13.3. The minimum atomic E-state index is -0.495. The number of carbonyl (C=O) groups excluding carboxylic acids is 1. The van der Waals surface area contributed by atoms with E-state index in [-0.39, 0.29) is 18.1 Å². The summed E-state index contributed by atoms with van der Waals surface area (Å²) in [5.41, 5.74) is 3.68. The maximum Gasteiger partial charge on any atom is 0.351 e. The van der Waals surface area contributed by atoms with Crippen LogP contribution in [0.3, 0.4) is 0 Å². The normalized spacial score (nSPS) is 10.9. The molecule has 5 aromatic rings. The van der Waals surface area contributed by atoms with Crippen molar-refractivity contribution in [3.63, 3.8) is 0 Å². The van der Waals surface area contributed by atoms with E-state index in [9.17, 15) is 9.59 Å². The molecule has 2 aromatic heterocycles. The third-order valence-electron chi connectivity index (χ3n) is 5.71. The molecule has 0 aliphatic rings. The van der Waals surface area contributed by atoms with Gasteiger partial charge in [-0.05, 0) is 61.4 Å². The highest BCUT2D eigenvalue weighted by Crippen LogP contribution is 2.29. The third kappa shape index (κ3) is 4.09. The fourth-order valence-electron chi connectivity index (χ4n) is 3.78.